The fourth-order valence-electron chi connectivity index (χ4n) is 4.01. The van der Waals surface area contributed by atoms with E-state index in [1.54, 1.807) is 0 Å². The maximum atomic E-state index is 4.57. The van der Waals surface area contributed by atoms with Gasteiger partial charge in [0.25, 0.3) is 0 Å². The summed E-state index contributed by atoms with van der Waals surface area (Å²) < 4.78 is 7.00. The SMILES string of the molecule is c1ccc(-n2c3ccccc3[n+]3cc4n(c23)Cc2ncccc2-4)cc1. The molecule has 0 aliphatic carbocycles. The lowest BCUT2D eigenvalue weighted by Gasteiger charge is -2.01. The Kier molecular flexibility index (Phi) is 2.37. The number of rotatable bonds is 1. The molecule has 0 saturated carbocycles. The average Bonchev–Trinajstić information content (AvgIpc) is 3.30. The molecule has 25 heavy (non-hydrogen) atoms. The van der Waals surface area contributed by atoms with Crippen molar-refractivity contribution >= 4 is 16.8 Å². The molecule has 0 saturated heterocycles. The molecule has 3 aromatic heterocycles. The summed E-state index contributed by atoms with van der Waals surface area (Å²) >= 11 is 0. The summed E-state index contributed by atoms with van der Waals surface area (Å²) in [6.45, 7) is 0.811. The number of nitrogens with zero attached hydrogens (tertiary/aromatic N) is 4. The fourth-order valence-corrected chi connectivity index (χ4v) is 4.01. The van der Waals surface area contributed by atoms with E-state index in [9.17, 15) is 0 Å². The zero-order chi connectivity index (χ0) is 16.4. The first-order valence-corrected chi connectivity index (χ1v) is 8.46. The van der Waals surface area contributed by atoms with Gasteiger partial charge in [0.1, 0.15) is 35.2 Å². The van der Waals surface area contributed by atoms with Crippen LogP contribution in [0.2, 0.25) is 0 Å². The third-order valence-corrected chi connectivity index (χ3v) is 5.07. The number of benzene rings is 2. The predicted molar refractivity (Wildman–Crippen MR) is 96.8 cm³/mol. The van der Waals surface area contributed by atoms with Gasteiger partial charge in [0, 0.05) is 11.8 Å². The van der Waals surface area contributed by atoms with E-state index in [4.69, 9.17) is 0 Å². The molecule has 5 aromatic rings. The van der Waals surface area contributed by atoms with Crippen LogP contribution in [-0.4, -0.2) is 14.1 Å². The first-order valence-electron chi connectivity index (χ1n) is 8.46. The van der Waals surface area contributed by atoms with Crippen molar-refractivity contribution in [3.8, 4) is 16.9 Å². The Morgan fingerprint density at radius 2 is 1.72 bits per heavy atom. The number of hydrogen-bond donors (Lipinski definition) is 0. The van der Waals surface area contributed by atoms with Crippen LogP contribution >= 0.6 is 0 Å². The third kappa shape index (κ3) is 1.61. The van der Waals surface area contributed by atoms with Crippen molar-refractivity contribution in [2.45, 2.75) is 6.54 Å². The van der Waals surface area contributed by atoms with Crippen LogP contribution in [0.3, 0.4) is 0 Å². The van der Waals surface area contributed by atoms with Gasteiger partial charge >= 0.3 is 5.78 Å². The smallest absolute Gasteiger partial charge is 0.257 e. The van der Waals surface area contributed by atoms with E-state index in [0.29, 0.717) is 0 Å². The molecule has 0 unspecified atom stereocenters. The Bertz CT molecular complexity index is 1260. The molecule has 4 heterocycles. The number of imidazole rings is 2. The normalized spacial score (nSPS) is 12.6. The van der Waals surface area contributed by atoms with Gasteiger partial charge in [-0.3, -0.25) is 4.98 Å². The summed E-state index contributed by atoms with van der Waals surface area (Å²) in [6, 6.07) is 23.3. The van der Waals surface area contributed by atoms with Crippen LogP contribution < -0.4 is 4.40 Å². The first-order chi connectivity index (χ1) is 12.4. The molecule has 1 aliphatic heterocycles. The van der Waals surface area contributed by atoms with Crippen molar-refractivity contribution in [2.24, 2.45) is 0 Å². The minimum Gasteiger partial charge on any atom is -0.257 e. The predicted octanol–water partition coefficient (Wildman–Crippen LogP) is 3.59. The van der Waals surface area contributed by atoms with E-state index >= 15 is 0 Å². The van der Waals surface area contributed by atoms with Gasteiger partial charge in [0.2, 0.25) is 0 Å². The lowest BCUT2D eigenvalue weighted by atomic mass is 10.2. The maximum Gasteiger partial charge on any atom is 0.375 e. The highest BCUT2D eigenvalue weighted by molar-refractivity contribution is 5.80. The molecule has 4 nitrogen and oxygen atoms in total. The van der Waals surface area contributed by atoms with Crippen LogP contribution in [0.1, 0.15) is 5.69 Å². The Morgan fingerprint density at radius 3 is 2.64 bits per heavy atom. The largest absolute Gasteiger partial charge is 0.375 e. The number of pyridine rings is 1. The van der Waals surface area contributed by atoms with Gasteiger partial charge < -0.3 is 0 Å². The molecular formula is C21H15N4+. The molecule has 0 N–H and O–H groups in total. The summed E-state index contributed by atoms with van der Waals surface area (Å²) in [5.41, 5.74) is 7.20. The Labute approximate surface area is 144 Å². The van der Waals surface area contributed by atoms with E-state index < -0.39 is 0 Å². The van der Waals surface area contributed by atoms with Gasteiger partial charge in [-0.05, 0) is 36.4 Å². The maximum absolute atomic E-state index is 4.57. The minimum atomic E-state index is 0.811. The molecule has 1 aliphatic rings. The molecular weight excluding hydrogens is 308 g/mol. The molecule has 6 rings (SSSR count). The molecule has 0 bridgehead atoms. The standard InChI is InChI=1S/C21H15N4/c1-2-7-15(8-3-1)25-19-11-5-4-10-18(19)24-14-20-16-9-6-12-22-17(16)13-23(20)21(24)25/h1-12,14H,13H2/q+1. The van der Waals surface area contributed by atoms with Crippen LogP contribution in [0.5, 0.6) is 0 Å². The van der Waals surface area contributed by atoms with Crippen molar-refractivity contribution in [3.63, 3.8) is 0 Å². The van der Waals surface area contributed by atoms with Crippen LogP contribution in [0, 0.1) is 0 Å². The van der Waals surface area contributed by atoms with Gasteiger partial charge in [0.15, 0.2) is 0 Å². The molecule has 0 radical (unpaired) electrons. The summed E-state index contributed by atoms with van der Waals surface area (Å²) in [6.07, 6.45) is 4.12. The van der Waals surface area contributed by atoms with Crippen LogP contribution in [0.25, 0.3) is 33.8 Å². The molecule has 118 valence electrons. The van der Waals surface area contributed by atoms with Crippen molar-refractivity contribution in [2.75, 3.05) is 0 Å². The number of aromatic nitrogens is 4. The Morgan fingerprint density at radius 1 is 0.880 bits per heavy atom. The summed E-state index contributed by atoms with van der Waals surface area (Å²) in [4.78, 5) is 4.57. The topological polar surface area (TPSA) is 26.9 Å². The number of para-hydroxylation sites is 3. The average molecular weight is 323 g/mol. The molecule has 0 spiro atoms. The number of hydrogen-bond acceptors (Lipinski definition) is 1. The monoisotopic (exact) mass is 323 g/mol. The summed E-state index contributed by atoms with van der Waals surface area (Å²) in [5, 5.41) is 0. The number of fused-ring (bicyclic) bond motifs is 7. The second-order valence-corrected chi connectivity index (χ2v) is 6.43. The first kappa shape index (κ1) is 13.0. The molecule has 0 atom stereocenters. The van der Waals surface area contributed by atoms with Crippen molar-refractivity contribution in [1.82, 2.24) is 14.1 Å². The fraction of sp³-hybridized carbons (Fsp3) is 0.0476. The summed E-state index contributed by atoms with van der Waals surface area (Å²) in [7, 11) is 0. The van der Waals surface area contributed by atoms with Crippen molar-refractivity contribution in [3.05, 3.63) is 84.8 Å². The Balaban J connectivity index is 1.79. The van der Waals surface area contributed by atoms with Gasteiger partial charge in [0.05, 0.1) is 5.69 Å². The van der Waals surface area contributed by atoms with E-state index in [-0.39, 0.29) is 0 Å². The van der Waals surface area contributed by atoms with E-state index in [2.05, 4.69) is 85.4 Å². The second-order valence-electron chi connectivity index (χ2n) is 6.43. The zero-order valence-corrected chi connectivity index (χ0v) is 13.5. The van der Waals surface area contributed by atoms with E-state index in [0.717, 1.165) is 12.2 Å². The highest BCUT2D eigenvalue weighted by Crippen LogP contribution is 2.33. The van der Waals surface area contributed by atoms with E-state index in [1.807, 2.05) is 12.3 Å². The highest BCUT2D eigenvalue weighted by Gasteiger charge is 2.32. The molecule has 2 aromatic carbocycles. The van der Waals surface area contributed by atoms with E-state index in [1.165, 1.54) is 33.8 Å². The lowest BCUT2D eigenvalue weighted by molar-refractivity contribution is -0.480. The second kappa shape index (κ2) is 4.57. The van der Waals surface area contributed by atoms with Gasteiger partial charge in [-0.1, -0.05) is 30.3 Å². The minimum absolute atomic E-state index is 0.811. The zero-order valence-electron chi connectivity index (χ0n) is 13.5. The van der Waals surface area contributed by atoms with Gasteiger partial charge in [-0.2, -0.15) is 8.97 Å². The summed E-state index contributed by atoms with van der Waals surface area (Å²) in [5.74, 6) is 1.17. The molecule has 0 fully saturated rings. The van der Waals surface area contributed by atoms with Crippen LogP contribution in [0.15, 0.2) is 79.1 Å². The quantitative estimate of drug-likeness (QED) is 0.425. The highest BCUT2D eigenvalue weighted by atomic mass is 15.3. The van der Waals surface area contributed by atoms with Crippen molar-refractivity contribution < 1.29 is 4.40 Å². The molecule has 0 amide bonds. The third-order valence-electron chi connectivity index (χ3n) is 5.07. The molecule has 4 heteroatoms. The van der Waals surface area contributed by atoms with Crippen LogP contribution in [-0.2, 0) is 6.54 Å². The Hall–Kier alpha value is -3.40. The van der Waals surface area contributed by atoms with Gasteiger partial charge in [-0.25, -0.2) is 4.57 Å². The van der Waals surface area contributed by atoms with Crippen LogP contribution in [0.4, 0.5) is 0 Å². The lowest BCUT2D eigenvalue weighted by Crippen LogP contribution is -2.19. The van der Waals surface area contributed by atoms with Crippen molar-refractivity contribution in [1.29, 1.82) is 0 Å². The van der Waals surface area contributed by atoms with Gasteiger partial charge in [-0.15, -0.1) is 0 Å².